The van der Waals surface area contributed by atoms with Gasteiger partial charge in [0.2, 0.25) is 0 Å². The van der Waals surface area contributed by atoms with E-state index in [0.717, 1.165) is 62.9 Å². The molecule has 0 radical (unpaired) electrons. The number of nitrogens with two attached hydrogens (primary N) is 1. The molecule has 3 fully saturated rings. The average Bonchev–Trinajstić information content (AvgIpc) is 3.10. The SMILES string of the molecule is C=C1CC[C@H](OCCCN)C/C1=C/C=C1CCC[C@@]2(C)C1CC[C@@H]2[C@H](C)CCCC(C)(C)O. The molecule has 0 bridgehead atoms. The summed E-state index contributed by atoms with van der Waals surface area (Å²) >= 11 is 0. The molecular weight excluding hydrogens is 406 g/mol. The lowest BCUT2D eigenvalue weighted by Crippen LogP contribution is -2.36. The lowest BCUT2D eigenvalue weighted by molar-refractivity contribution is 0.0435. The second-order valence-electron chi connectivity index (χ2n) is 12.2. The molecule has 3 aliphatic rings. The largest absolute Gasteiger partial charge is 0.390 e. The zero-order valence-electron chi connectivity index (χ0n) is 22.0. The molecule has 188 valence electrons. The van der Waals surface area contributed by atoms with Crippen LogP contribution in [0.3, 0.4) is 0 Å². The Hall–Kier alpha value is -0.900. The van der Waals surface area contributed by atoms with E-state index >= 15 is 0 Å². The van der Waals surface area contributed by atoms with Crippen LogP contribution in [0.1, 0.15) is 105 Å². The Morgan fingerprint density at radius 3 is 2.73 bits per heavy atom. The summed E-state index contributed by atoms with van der Waals surface area (Å²) in [6, 6.07) is 0. The lowest BCUT2D eigenvalue weighted by Gasteiger charge is -2.44. The highest BCUT2D eigenvalue weighted by Crippen LogP contribution is 2.60. The van der Waals surface area contributed by atoms with Crippen LogP contribution in [0.2, 0.25) is 0 Å². The fourth-order valence-corrected chi connectivity index (χ4v) is 7.13. The smallest absolute Gasteiger partial charge is 0.0618 e. The van der Waals surface area contributed by atoms with Gasteiger partial charge < -0.3 is 15.6 Å². The molecule has 3 heteroatoms. The van der Waals surface area contributed by atoms with Gasteiger partial charge in [0.25, 0.3) is 0 Å². The molecule has 3 saturated carbocycles. The fraction of sp³-hybridized carbons (Fsp3) is 0.800. The van der Waals surface area contributed by atoms with Crippen LogP contribution in [-0.2, 0) is 4.74 Å². The third-order valence-corrected chi connectivity index (χ3v) is 9.04. The number of hydrogen-bond acceptors (Lipinski definition) is 3. The van der Waals surface area contributed by atoms with Gasteiger partial charge in [0.1, 0.15) is 0 Å². The van der Waals surface area contributed by atoms with Gasteiger partial charge in [-0.15, -0.1) is 0 Å². The minimum Gasteiger partial charge on any atom is -0.390 e. The number of hydrogen-bond donors (Lipinski definition) is 2. The highest BCUT2D eigenvalue weighted by molar-refractivity contribution is 5.36. The van der Waals surface area contributed by atoms with Crippen molar-refractivity contribution < 1.29 is 9.84 Å². The first-order valence-electron chi connectivity index (χ1n) is 13.8. The maximum Gasteiger partial charge on any atom is 0.0618 e. The third kappa shape index (κ3) is 7.05. The Bertz CT molecular complexity index is 715. The number of aliphatic hydroxyl groups is 1. The van der Waals surface area contributed by atoms with E-state index in [1.807, 2.05) is 13.8 Å². The molecule has 1 unspecified atom stereocenters. The van der Waals surface area contributed by atoms with Crippen LogP contribution in [0.5, 0.6) is 0 Å². The minimum atomic E-state index is -0.534. The van der Waals surface area contributed by atoms with Crippen molar-refractivity contribution in [3.05, 3.63) is 35.5 Å². The van der Waals surface area contributed by atoms with E-state index in [0.29, 0.717) is 18.1 Å². The topological polar surface area (TPSA) is 55.5 Å². The number of rotatable bonds is 10. The Labute approximate surface area is 203 Å². The summed E-state index contributed by atoms with van der Waals surface area (Å²) < 4.78 is 6.07. The molecule has 5 atom stereocenters. The maximum atomic E-state index is 10.1. The van der Waals surface area contributed by atoms with E-state index in [1.165, 1.54) is 49.7 Å². The molecule has 3 rings (SSSR count). The first kappa shape index (κ1) is 26.7. The molecule has 3 aliphatic carbocycles. The van der Waals surface area contributed by atoms with Crippen molar-refractivity contribution >= 4 is 0 Å². The summed E-state index contributed by atoms with van der Waals surface area (Å²) in [5.41, 5.74) is 9.91. The summed E-state index contributed by atoms with van der Waals surface area (Å²) in [6.45, 7) is 14.8. The van der Waals surface area contributed by atoms with Crippen LogP contribution < -0.4 is 5.73 Å². The Kier molecular flexibility index (Phi) is 9.46. The van der Waals surface area contributed by atoms with Crippen LogP contribution in [0.25, 0.3) is 0 Å². The van der Waals surface area contributed by atoms with Crippen LogP contribution >= 0.6 is 0 Å². The molecule has 3 N–H and O–H groups in total. The molecule has 0 amide bonds. The monoisotopic (exact) mass is 457 g/mol. The van der Waals surface area contributed by atoms with E-state index in [-0.39, 0.29) is 0 Å². The fourth-order valence-electron chi connectivity index (χ4n) is 7.13. The molecule has 0 aromatic heterocycles. The van der Waals surface area contributed by atoms with Gasteiger partial charge in [-0.05, 0) is 113 Å². The summed E-state index contributed by atoms with van der Waals surface area (Å²) in [6.07, 6.45) is 19.2. The van der Waals surface area contributed by atoms with Crippen molar-refractivity contribution in [1.29, 1.82) is 0 Å². The van der Waals surface area contributed by atoms with E-state index in [1.54, 1.807) is 5.57 Å². The summed E-state index contributed by atoms with van der Waals surface area (Å²) in [4.78, 5) is 0. The van der Waals surface area contributed by atoms with Crippen LogP contribution in [-0.4, -0.2) is 30.0 Å². The van der Waals surface area contributed by atoms with Crippen molar-refractivity contribution in [3.8, 4) is 0 Å². The molecule has 0 aliphatic heterocycles. The molecule has 0 heterocycles. The number of ether oxygens (including phenoxy) is 1. The predicted molar refractivity (Wildman–Crippen MR) is 140 cm³/mol. The minimum absolute atomic E-state index is 0.323. The van der Waals surface area contributed by atoms with Gasteiger partial charge in [-0.1, -0.05) is 56.6 Å². The van der Waals surface area contributed by atoms with Crippen molar-refractivity contribution in [2.24, 2.45) is 28.9 Å². The first-order chi connectivity index (χ1) is 15.6. The van der Waals surface area contributed by atoms with Gasteiger partial charge in [0, 0.05) is 6.61 Å². The molecule has 33 heavy (non-hydrogen) atoms. The van der Waals surface area contributed by atoms with Gasteiger partial charge in [-0.2, -0.15) is 0 Å². The van der Waals surface area contributed by atoms with E-state index in [2.05, 4.69) is 32.6 Å². The highest BCUT2D eigenvalue weighted by atomic mass is 16.5. The lowest BCUT2D eigenvalue weighted by atomic mass is 9.60. The summed E-state index contributed by atoms with van der Waals surface area (Å²) in [5, 5.41) is 10.1. The van der Waals surface area contributed by atoms with Crippen molar-refractivity contribution in [3.63, 3.8) is 0 Å². The maximum absolute atomic E-state index is 10.1. The van der Waals surface area contributed by atoms with E-state index in [9.17, 15) is 5.11 Å². The average molecular weight is 458 g/mol. The zero-order chi connectivity index (χ0) is 24.1. The Morgan fingerprint density at radius 2 is 2.00 bits per heavy atom. The first-order valence-corrected chi connectivity index (χ1v) is 13.8. The zero-order valence-corrected chi connectivity index (χ0v) is 22.0. The van der Waals surface area contributed by atoms with Gasteiger partial charge in [0.15, 0.2) is 0 Å². The van der Waals surface area contributed by atoms with E-state index < -0.39 is 5.60 Å². The summed E-state index contributed by atoms with van der Waals surface area (Å²) in [7, 11) is 0. The van der Waals surface area contributed by atoms with E-state index in [4.69, 9.17) is 10.5 Å². The van der Waals surface area contributed by atoms with Gasteiger partial charge in [0.05, 0.1) is 11.7 Å². The summed E-state index contributed by atoms with van der Waals surface area (Å²) in [5.74, 6) is 2.29. The quantitative estimate of drug-likeness (QED) is 0.344. The molecular formula is C30H51NO2. The van der Waals surface area contributed by atoms with Crippen molar-refractivity contribution in [1.82, 2.24) is 0 Å². The van der Waals surface area contributed by atoms with Gasteiger partial charge in [-0.3, -0.25) is 0 Å². The van der Waals surface area contributed by atoms with Gasteiger partial charge >= 0.3 is 0 Å². The molecule has 0 aromatic carbocycles. The second-order valence-corrected chi connectivity index (χ2v) is 12.2. The predicted octanol–water partition coefficient (Wildman–Crippen LogP) is 7.11. The Morgan fingerprint density at radius 1 is 1.21 bits per heavy atom. The third-order valence-electron chi connectivity index (χ3n) is 9.04. The van der Waals surface area contributed by atoms with Crippen molar-refractivity contribution in [2.45, 2.75) is 116 Å². The van der Waals surface area contributed by atoms with Crippen molar-refractivity contribution in [2.75, 3.05) is 13.2 Å². The molecule has 3 nitrogen and oxygen atoms in total. The highest BCUT2D eigenvalue weighted by Gasteiger charge is 2.50. The number of allylic oxidation sites excluding steroid dienone is 4. The Balaban J connectivity index is 1.64. The molecule has 0 aromatic rings. The van der Waals surface area contributed by atoms with Gasteiger partial charge in [-0.25, -0.2) is 0 Å². The number of fused-ring (bicyclic) bond motifs is 1. The molecule has 0 saturated heterocycles. The standard InChI is InChI=1S/C30H51NO2/c1-22-11-14-26(33-20-8-19-31)21-25(22)13-12-24-10-7-18-30(5)27(15-16-28(24)30)23(2)9-6-17-29(3,4)32/h12-13,23,26-28,32H,1,6-11,14-21,31H2,2-5H3/b24-12?,25-13-/t23-,26+,27-,28?,30-/m1/s1. The van der Waals surface area contributed by atoms with Crippen LogP contribution in [0, 0.1) is 23.2 Å². The van der Waals surface area contributed by atoms with Crippen LogP contribution in [0.4, 0.5) is 0 Å². The second kappa shape index (κ2) is 11.7. The molecule has 0 spiro atoms. The van der Waals surface area contributed by atoms with Crippen LogP contribution in [0.15, 0.2) is 35.5 Å². The normalized spacial score (nSPS) is 34.1.